The van der Waals surface area contributed by atoms with Gasteiger partial charge in [0.2, 0.25) is 16.0 Å². The van der Waals surface area contributed by atoms with E-state index in [1.807, 2.05) is 6.20 Å². The van der Waals surface area contributed by atoms with E-state index in [4.69, 9.17) is 9.62 Å². The highest BCUT2D eigenvalue weighted by Crippen LogP contribution is 2.27. The largest absolute Gasteiger partial charge is 0.344 e. The number of aromatic nitrogens is 5. The first kappa shape index (κ1) is 20.1. The van der Waals surface area contributed by atoms with Gasteiger partial charge in [0.25, 0.3) is 0 Å². The van der Waals surface area contributed by atoms with Gasteiger partial charge in [0.05, 0.1) is 18.4 Å². The van der Waals surface area contributed by atoms with E-state index in [0.29, 0.717) is 12.4 Å². The lowest BCUT2D eigenvalue weighted by Crippen LogP contribution is -2.46. The molecular weight excluding hydrogens is 417 g/mol. The van der Waals surface area contributed by atoms with Gasteiger partial charge >= 0.3 is 0 Å². The van der Waals surface area contributed by atoms with Crippen molar-refractivity contribution in [2.24, 2.45) is 0 Å². The lowest BCUT2D eigenvalue weighted by atomic mass is 9.96. The lowest BCUT2D eigenvalue weighted by molar-refractivity contribution is 0.215. The standard InChI is InChI=1S/C21H24FN7OS/c1-21(2,3)18-24-17(30-26-18)13-27-8-10-28(11-9-27)20-25-29-12-16(23-19(29)31-20)14-4-6-15(22)7-5-14/h4-7,12H,8-11,13H2,1-3H3. The Morgan fingerprint density at radius 1 is 1.06 bits per heavy atom. The van der Waals surface area contributed by atoms with Crippen LogP contribution in [0.15, 0.2) is 35.0 Å². The van der Waals surface area contributed by atoms with Gasteiger partial charge in [-0.15, -0.1) is 5.10 Å². The molecule has 0 saturated carbocycles. The lowest BCUT2D eigenvalue weighted by Gasteiger charge is -2.33. The van der Waals surface area contributed by atoms with Crippen molar-refractivity contribution < 1.29 is 8.91 Å². The molecule has 8 nitrogen and oxygen atoms in total. The van der Waals surface area contributed by atoms with Crippen LogP contribution in [0.2, 0.25) is 0 Å². The monoisotopic (exact) mass is 441 g/mol. The minimum Gasteiger partial charge on any atom is -0.344 e. The third-order valence-corrected chi connectivity index (χ3v) is 6.30. The van der Waals surface area contributed by atoms with Crippen molar-refractivity contribution in [1.82, 2.24) is 29.6 Å². The van der Waals surface area contributed by atoms with Gasteiger partial charge in [-0.05, 0) is 24.3 Å². The maximum Gasteiger partial charge on any atom is 0.240 e. The Morgan fingerprint density at radius 3 is 2.45 bits per heavy atom. The number of hydrogen-bond acceptors (Lipinski definition) is 8. The molecule has 0 amide bonds. The molecule has 0 radical (unpaired) electrons. The van der Waals surface area contributed by atoms with E-state index in [-0.39, 0.29) is 11.2 Å². The smallest absolute Gasteiger partial charge is 0.240 e. The van der Waals surface area contributed by atoms with Gasteiger partial charge in [0.1, 0.15) is 5.82 Å². The summed E-state index contributed by atoms with van der Waals surface area (Å²) in [6.45, 7) is 10.4. The van der Waals surface area contributed by atoms with Crippen LogP contribution >= 0.6 is 11.3 Å². The summed E-state index contributed by atoms with van der Waals surface area (Å²) in [5.41, 5.74) is 1.56. The Bertz CT molecular complexity index is 1150. The Morgan fingerprint density at radius 2 is 1.81 bits per heavy atom. The van der Waals surface area contributed by atoms with Gasteiger partial charge in [-0.3, -0.25) is 4.90 Å². The van der Waals surface area contributed by atoms with Crippen LogP contribution < -0.4 is 4.90 Å². The predicted octanol–water partition coefficient (Wildman–Crippen LogP) is 3.60. The number of fused-ring (bicyclic) bond motifs is 1. The minimum absolute atomic E-state index is 0.112. The molecule has 31 heavy (non-hydrogen) atoms. The summed E-state index contributed by atoms with van der Waals surface area (Å²) in [7, 11) is 0. The van der Waals surface area contributed by atoms with Gasteiger partial charge in [0, 0.05) is 37.2 Å². The summed E-state index contributed by atoms with van der Waals surface area (Å²) in [6, 6.07) is 6.35. The average molecular weight is 442 g/mol. The van der Waals surface area contributed by atoms with Crippen LogP contribution in [0, 0.1) is 5.82 Å². The second-order valence-corrected chi connectivity index (χ2v) is 9.70. The molecule has 4 aromatic rings. The normalized spacial score (nSPS) is 15.8. The number of anilines is 1. The molecule has 1 aromatic carbocycles. The van der Waals surface area contributed by atoms with E-state index in [1.54, 1.807) is 28.0 Å². The van der Waals surface area contributed by atoms with Crippen molar-refractivity contribution in [3.05, 3.63) is 48.0 Å². The van der Waals surface area contributed by atoms with Gasteiger partial charge in [-0.2, -0.15) is 4.98 Å². The Balaban J connectivity index is 1.22. The number of benzene rings is 1. The molecule has 3 aromatic heterocycles. The van der Waals surface area contributed by atoms with E-state index >= 15 is 0 Å². The fourth-order valence-corrected chi connectivity index (χ4v) is 4.42. The van der Waals surface area contributed by atoms with Crippen molar-refractivity contribution in [3.63, 3.8) is 0 Å². The first-order chi connectivity index (χ1) is 14.8. The third kappa shape index (κ3) is 4.17. The second kappa shape index (κ2) is 7.69. The van der Waals surface area contributed by atoms with Gasteiger partial charge in [-0.1, -0.05) is 37.3 Å². The molecule has 4 heterocycles. The molecule has 0 bridgehead atoms. The summed E-state index contributed by atoms with van der Waals surface area (Å²) >= 11 is 1.57. The van der Waals surface area contributed by atoms with Crippen LogP contribution in [0.4, 0.5) is 9.52 Å². The SMILES string of the molecule is CC(C)(C)c1noc(CN2CCN(c3nn4cc(-c5ccc(F)cc5)nc4s3)CC2)n1. The first-order valence-corrected chi connectivity index (χ1v) is 11.1. The fraction of sp³-hybridized carbons (Fsp3) is 0.429. The molecule has 1 fully saturated rings. The number of imidazole rings is 1. The summed E-state index contributed by atoms with van der Waals surface area (Å²) in [4.78, 5) is 14.6. The molecule has 0 unspecified atom stereocenters. The molecular formula is C21H24FN7OS. The highest BCUT2D eigenvalue weighted by Gasteiger charge is 2.24. The molecule has 10 heteroatoms. The molecule has 0 spiro atoms. The minimum atomic E-state index is -0.252. The van der Waals surface area contributed by atoms with Crippen molar-refractivity contribution in [2.45, 2.75) is 32.7 Å². The number of piperazine rings is 1. The summed E-state index contributed by atoms with van der Waals surface area (Å²) < 4.78 is 20.4. The summed E-state index contributed by atoms with van der Waals surface area (Å²) in [5.74, 6) is 1.16. The molecule has 162 valence electrons. The zero-order valence-corrected chi connectivity index (χ0v) is 18.6. The van der Waals surface area contributed by atoms with Crippen LogP contribution in [-0.4, -0.2) is 55.8 Å². The Kier molecular flexibility index (Phi) is 4.98. The molecule has 5 rings (SSSR count). The van der Waals surface area contributed by atoms with Crippen molar-refractivity contribution in [3.8, 4) is 11.3 Å². The number of halogens is 1. The quantitative estimate of drug-likeness (QED) is 0.479. The molecule has 1 saturated heterocycles. The van der Waals surface area contributed by atoms with Crippen LogP contribution in [0.5, 0.6) is 0 Å². The highest BCUT2D eigenvalue weighted by molar-refractivity contribution is 7.20. The van der Waals surface area contributed by atoms with Crippen LogP contribution in [-0.2, 0) is 12.0 Å². The summed E-state index contributed by atoms with van der Waals surface area (Å²) in [5, 5.41) is 9.77. The molecule has 0 N–H and O–H groups in total. The van der Waals surface area contributed by atoms with Crippen LogP contribution in [0.25, 0.3) is 16.2 Å². The van der Waals surface area contributed by atoms with Crippen LogP contribution in [0.1, 0.15) is 32.5 Å². The first-order valence-electron chi connectivity index (χ1n) is 10.3. The van der Waals surface area contributed by atoms with Crippen LogP contribution in [0.3, 0.4) is 0 Å². The van der Waals surface area contributed by atoms with Crippen molar-refractivity contribution in [1.29, 1.82) is 0 Å². The number of rotatable bonds is 4. The zero-order valence-electron chi connectivity index (χ0n) is 17.7. The fourth-order valence-electron chi connectivity index (χ4n) is 3.49. The highest BCUT2D eigenvalue weighted by atomic mass is 32.1. The van der Waals surface area contributed by atoms with E-state index in [0.717, 1.165) is 53.4 Å². The van der Waals surface area contributed by atoms with E-state index < -0.39 is 0 Å². The van der Waals surface area contributed by atoms with Gasteiger partial charge in [0.15, 0.2) is 5.82 Å². The Hall–Kier alpha value is -2.85. The van der Waals surface area contributed by atoms with Crippen molar-refractivity contribution in [2.75, 3.05) is 31.1 Å². The maximum absolute atomic E-state index is 13.1. The molecule has 1 aliphatic heterocycles. The predicted molar refractivity (Wildman–Crippen MR) is 117 cm³/mol. The second-order valence-electron chi connectivity index (χ2n) is 8.77. The average Bonchev–Trinajstić information content (AvgIpc) is 3.44. The van der Waals surface area contributed by atoms with Gasteiger partial charge < -0.3 is 9.42 Å². The van der Waals surface area contributed by atoms with E-state index in [9.17, 15) is 4.39 Å². The Labute approximate surface area is 183 Å². The maximum atomic E-state index is 13.1. The van der Waals surface area contributed by atoms with E-state index in [2.05, 4.69) is 45.7 Å². The number of hydrogen-bond donors (Lipinski definition) is 0. The molecule has 1 aliphatic rings. The van der Waals surface area contributed by atoms with Gasteiger partial charge in [-0.25, -0.2) is 13.9 Å². The zero-order chi connectivity index (χ0) is 21.6. The molecule has 0 aliphatic carbocycles. The topological polar surface area (TPSA) is 75.6 Å². The third-order valence-electron chi connectivity index (χ3n) is 5.31. The van der Waals surface area contributed by atoms with Crippen molar-refractivity contribution >= 4 is 21.4 Å². The number of nitrogens with zero attached hydrogens (tertiary/aromatic N) is 7. The van der Waals surface area contributed by atoms with E-state index in [1.165, 1.54) is 12.1 Å². The molecule has 0 atom stereocenters. The summed E-state index contributed by atoms with van der Waals surface area (Å²) in [6.07, 6.45) is 1.89.